The van der Waals surface area contributed by atoms with Crippen LogP contribution in [-0.2, 0) is 7.05 Å². The zero-order valence-electron chi connectivity index (χ0n) is 13.0. The summed E-state index contributed by atoms with van der Waals surface area (Å²) in [5, 5.41) is 4.59. The van der Waals surface area contributed by atoms with Crippen LogP contribution in [0.5, 0.6) is 5.75 Å². The van der Waals surface area contributed by atoms with Gasteiger partial charge >= 0.3 is 0 Å². The standard InChI is InChI=1S/C18H17ClN2O2/c1-21-11-14(13-5-3-4-6-16(13)21)17(22)10-20-12-7-8-18(23-2)15(19)9-12/h3-9,11,20H,10H2,1-2H3. The largest absolute Gasteiger partial charge is 0.495 e. The molecule has 0 aliphatic carbocycles. The summed E-state index contributed by atoms with van der Waals surface area (Å²) in [6.45, 7) is 0.205. The first-order valence-electron chi connectivity index (χ1n) is 7.25. The van der Waals surface area contributed by atoms with Gasteiger partial charge in [-0.3, -0.25) is 4.79 Å². The molecule has 5 heteroatoms. The highest BCUT2D eigenvalue weighted by molar-refractivity contribution is 6.32. The second-order valence-corrected chi connectivity index (χ2v) is 5.70. The second-order valence-electron chi connectivity index (χ2n) is 5.30. The van der Waals surface area contributed by atoms with Gasteiger partial charge < -0.3 is 14.6 Å². The average molecular weight is 329 g/mol. The van der Waals surface area contributed by atoms with Crippen molar-refractivity contribution in [1.82, 2.24) is 4.57 Å². The molecule has 0 unspecified atom stereocenters. The molecule has 0 bridgehead atoms. The van der Waals surface area contributed by atoms with Crippen molar-refractivity contribution in [1.29, 1.82) is 0 Å². The highest BCUT2D eigenvalue weighted by atomic mass is 35.5. The van der Waals surface area contributed by atoms with E-state index in [0.29, 0.717) is 10.8 Å². The number of aryl methyl sites for hydroxylation is 1. The maximum Gasteiger partial charge on any atom is 0.184 e. The molecule has 0 aliphatic heterocycles. The lowest BCUT2D eigenvalue weighted by Crippen LogP contribution is -2.13. The van der Waals surface area contributed by atoms with E-state index < -0.39 is 0 Å². The maximum atomic E-state index is 12.5. The minimum absolute atomic E-state index is 0.0359. The van der Waals surface area contributed by atoms with Crippen molar-refractivity contribution in [3.05, 3.63) is 59.2 Å². The first-order valence-corrected chi connectivity index (χ1v) is 7.62. The predicted molar refractivity (Wildman–Crippen MR) is 93.7 cm³/mol. The second kappa shape index (κ2) is 6.34. The zero-order chi connectivity index (χ0) is 16.4. The number of carbonyl (C=O) groups is 1. The van der Waals surface area contributed by atoms with Gasteiger partial charge in [-0.15, -0.1) is 0 Å². The van der Waals surface area contributed by atoms with Gasteiger partial charge in [-0.05, 0) is 24.3 Å². The van der Waals surface area contributed by atoms with Crippen LogP contribution in [0.15, 0.2) is 48.7 Å². The summed E-state index contributed by atoms with van der Waals surface area (Å²) < 4.78 is 7.08. The van der Waals surface area contributed by atoms with Crippen molar-refractivity contribution in [2.24, 2.45) is 7.05 Å². The molecule has 2 aromatic carbocycles. The van der Waals surface area contributed by atoms with E-state index >= 15 is 0 Å². The van der Waals surface area contributed by atoms with Gasteiger partial charge in [-0.2, -0.15) is 0 Å². The number of anilines is 1. The fraction of sp³-hybridized carbons (Fsp3) is 0.167. The molecule has 1 aromatic heterocycles. The molecule has 0 atom stereocenters. The van der Waals surface area contributed by atoms with Crippen molar-refractivity contribution in [3.63, 3.8) is 0 Å². The van der Waals surface area contributed by atoms with Crippen LogP contribution in [0.3, 0.4) is 0 Å². The van der Waals surface area contributed by atoms with Gasteiger partial charge in [0.2, 0.25) is 0 Å². The number of aromatic nitrogens is 1. The number of carbonyl (C=O) groups excluding carboxylic acids is 1. The number of methoxy groups -OCH3 is 1. The molecule has 0 saturated heterocycles. The molecule has 0 radical (unpaired) electrons. The first kappa shape index (κ1) is 15.4. The number of ether oxygens (including phenoxy) is 1. The Morgan fingerprint density at radius 1 is 1.26 bits per heavy atom. The maximum absolute atomic E-state index is 12.5. The number of benzene rings is 2. The highest BCUT2D eigenvalue weighted by Crippen LogP contribution is 2.27. The van der Waals surface area contributed by atoms with E-state index in [1.54, 1.807) is 19.2 Å². The van der Waals surface area contributed by atoms with E-state index in [0.717, 1.165) is 22.2 Å². The zero-order valence-corrected chi connectivity index (χ0v) is 13.7. The minimum Gasteiger partial charge on any atom is -0.495 e. The quantitative estimate of drug-likeness (QED) is 0.716. The molecular weight excluding hydrogens is 312 g/mol. The van der Waals surface area contributed by atoms with Crippen LogP contribution in [0.2, 0.25) is 5.02 Å². The topological polar surface area (TPSA) is 43.3 Å². The molecule has 0 aliphatic rings. The lowest BCUT2D eigenvalue weighted by Gasteiger charge is -2.08. The van der Waals surface area contributed by atoms with Gasteiger partial charge in [0.15, 0.2) is 5.78 Å². The Bertz CT molecular complexity index is 871. The molecule has 0 spiro atoms. The average Bonchev–Trinajstić information content (AvgIpc) is 2.90. The molecule has 0 amide bonds. The number of para-hydroxylation sites is 1. The molecular formula is C18H17ClN2O2. The van der Waals surface area contributed by atoms with Crippen LogP contribution in [-0.4, -0.2) is 24.0 Å². The molecule has 118 valence electrons. The lowest BCUT2D eigenvalue weighted by atomic mass is 10.1. The number of ketones is 1. The van der Waals surface area contributed by atoms with Crippen LogP contribution in [0.1, 0.15) is 10.4 Å². The SMILES string of the molecule is COc1ccc(NCC(=O)c2cn(C)c3ccccc23)cc1Cl. The smallest absolute Gasteiger partial charge is 0.184 e. The van der Waals surface area contributed by atoms with E-state index in [1.165, 1.54) is 0 Å². The van der Waals surface area contributed by atoms with Gasteiger partial charge in [0.05, 0.1) is 18.7 Å². The third-order valence-corrected chi connectivity index (χ3v) is 4.10. The summed E-state index contributed by atoms with van der Waals surface area (Å²) >= 11 is 6.09. The molecule has 3 aromatic rings. The fourth-order valence-corrected chi connectivity index (χ4v) is 2.88. The summed E-state index contributed by atoms with van der Waals surface area (Å²) in [4.78, 5) is 12.5. The number of nitrogens with zero attached hydrogens (tertiary/aromatic N) is 1. The third kappa shape index (κ3) is 3.03. The number of fused-ring (bicyclic) bond motifs is 1. The van der Waals surface area contributed by atoms with Crippen LogP contribution < -0.4 is 10.1 Å². The Labute approximate surface area is 139 Å². The van der Waals surface area contributed by atoms with E-state index in [4.69, 9.17) is 16.3 Å². The molecule has 4 nitrogen and oxygen atoms in total. The normalized spacial score (nSPS) is 10.7. The summed E-state index contributed by atoms with van der Waals surface area (Å²) in [5.74, 6) is 0.645. The molecule has 0 saturated carbocycles. The number of Topliss-reactive ketones (excluding diaryl/α,β-unsaturated/α-hetero) is 1. The molecule has 1 heterocycles. The van der Waals surface area contributed by atoms with Gasteiger partial charge in [-0.1, -0.05) is 29.8 Å². The van der Waals surface area contributed by atoms with Crippen molar-refractivity contribution >= 4 is 34.0 Å². The molecule has 0 fully saturated rings. The number of hydrogen-bond acceptors (Lipinski definition) is 3. The monoisotopic (exact) mass is 328 g/mol. The summed E-state index contributed by atoms with van der Waals surface area (Å²) in [6.07, 6.45) is 1.87. The Morgan fingerprint density at radius 3 is 2.78 bits per heavy atom. The number of rotatable bonds is 5. The third-order valence-electron chi connectivity index (χ3n) is 3.80. The molecule has 1 N–H and O–H groups in total. The summed E-state index contributed by atoms with van der Waals surface area (Å²) in [5.41, 5.74) is 2.54. The Balaban J connectivity index is 1.78. The van der Waals surface area contributed by atoms with Crippen LogP contribution >= 0.6 is 11.6 Å². The molecule has 23 heavy (non-hydrogen) atoms. The first-order chi connectivity index (χ1) is 11.1. The fourth-order valence-electron chi connectivity index (χ4n) is 2.62. The Hall–Kier alpha value is -2.46. The highest BCUT2D eigenvalue weighted by Gasteiger charge is 2.13. The van der Waals surface area contributed by atoms with Crippen LogP contribution in [0, 0.1) is 0 Å². The van der Waals surface area contributed by atoms with Crippen molar-refractivity contribution in [3.8, 4) is 5.75 Å². The van der Waals surface area contributed by atoms with Gasteiger partial charge in [0.25, 0.3) is 0 Å². The van der Waals surface area contributed by atoms with E-state index in [-0.39, 0.29) is 12.3 Å². The Morgan fingerprint density at radius 2 is 2.04 bits per heavy atom. The van der Waals surface area contributed by atoms with E-state index in [1.807, 2.05) is 48.1 Å². The summed E-state index contributed by atoms with van der Waals surface area (Å²) in [6, 6.07) is 13.2. The Kier molecular flexibility index (Phi) is 4.26. The van der Waals surface area contributed by atoms with Crippen molar-refractivity contribution < 1.29 is 9.53 Å². The van der Waals surface area contributed by atoms with Gasteiger partial charge in [0.1, 0.15) is 5.75 Å². The minimum atomic E-state index is 0.0359. The van der Waals surface area contributed by atoms with Crippen LogP contribution in [0.4, 0.5) is 5.69 Å². The van der Waals surface area contributed by atoms with Gasteiger partial charge in [-0.25, -0.2) is 0 Å². The predicted octanol–water partition coefficient (Wildman–Crippen LogP) is 4.14. The molecule has 3 rings (SSSR count). The van der Waals surface area contributed by atoms with Crippen molar-refractivity contribution in [2.75, 3.05) is 19.0 Å². The van der Waals surface area contributed by atoms with E-state index in [9.17, 15) is 4.79 Å². The number of halogens is 1. The van der Waals surface area contributed by atoms with Crippen LogP contribution in [0.25, 0.3) is 10.9 Å². The number of nitrogens with one attached hydrogen (secondary N) is 1. The van der Waals surface area contributed by atoms with E-state index in [2.05, 4.69) is 5.32 Å². The number of hydrogen-bond donors (Lipinski definition) is 1. The van der Waals surface area contributed by atoms with Crippen molar-refractivity contribution in [2.45, 2.75) is 0 Å². The van der Waals surface area contributed by atoms with Gasteiger partial charge in [0, 0.05) is 35.4 Å². The lowest BCUT2D eigenvalue weighted by molar-refractivity contribution is 0.101. The summed E-state index contributed by atoms with van der Waals surface area (Å²) in [7, 11) is 3.51.